The lowest BCUT2D eigenvalue weighted by molar-refractivity contribution is -0.131. The van der Waals surface area contributed by atoms with Crippen molar-refractivity contribution in [2.24, 2.45) is 5.92 Å². The van der Waals surface area contributed by atoms with Gasteiger partial charge in [-0.25, -0.2) is 0 Å². The van der Waals surface area contributed by atoms with E-state index >= 15 is 0 Å². The molecule has 0 N–H and O–H groups in total. The molecule has 1 aromatic rings. The molecule has 1 heterocycles. The molecule has 1 aromatic carbocycles. The molecule has 1 aliphatic rings. The van der Waals surface area contributed by atoms with Crippen molar-refractivity contribution in [1.82, 2.24) is 4.90 Å². The van der Waals surface area contributed by atoms with Crippen molar-refractivity contribution >= 4 is 5.91 Å². The fourth-order valence-corrected chi connectivity index (χ4v) is 2.76. The Hall–Kier alpha value is -1.31. The SMILES string of the molecule is CCCC1CCN(C(=O)Cc2ccccc2)CC1. The maximum absolute atomic E-state index is 12.2. The number of likely N-dealkylation sites (tertiary alicyclic amines) is 1. The number of hydrogen-bond donors (Lipinski definition) is 0. The molecule has 2 heteroatoms. The molecule has 0 saturated carbocycles. The van der Waals surface area contributed by atoms with Crippen LogP contribution >= 0.6 is 0 Å². The van der Waals surface area contributed by atoms with Crippen LogP contribution in [0.4, 0.5) is 0 Å². The van der Waals surface area contributed by atoms with Crippen molar-refractivity contribution in [3.05, 3.63) is 35.9 Å². The standard InChI is InChI=1S/C16H23NO/c1-2-6-14-9-11-17(12-10-14)16(18)13-15-7-4-3-5-8-15/h3-5,7-8,14H,2,6,9-13H2,1H3. The van der Waals surface area contributed by atoms with Gasteiger partial charge in [-0.05, 0) is 24.3 Å². The van der Waals surface area contributed by atoms with Gasteiger partial charge in [0.25, 0.3) is 0 Å². The Morgan fingerprint density at radius 3 is 2.50 bits per heavy atom. The molecule has 2 nitrogen and oxygen atoms in total. The van der Waals surface area contributed by atoms with Gasteiger partial charge in [0.1, 0.15) is 0 Å². The number of carbonyl (C=O) groups excluding carboxylic acids is 1. The van der Waals surface area contributed by atoms with E-state index in [4.69, 9.17) is 0 Å². The summed E-state index contributed by atoms with van der Waals surface area (Å²) in [4.78, 5) is 14.2. The van der Waals surface area contributed by atoms with Gasteiger partial charge in [0.15, 0.2) is 0 Å². The van der Waals surface area contributed by atoms with Gasteiger partial charge in [-0.15, -0.1) is 0 Å². The summed E-state index contributed by atoms with van der Waals surface area (Å²) in [5.74, 6) is 1.13. The van der Waals surface area contributed by atoms with Crippen LogP contribution in [0.3, 0.4) is 0 Å². The minimum absolute atomic E-state index is 0.288. The largest absolute Gasteiger partial charge is 0.342 e. The Labute approximate surface area is 110 Å². The van der Waals surface area contributed by atoms with Gasteiger partial charge in [-0.3, -0.25) is 4.79 Å². The van der Waals surface area contributed by atoms with Gasteiger partial charge in [0, 0.05) is 13.1 Å². The van der Waals surface area contributed by atoms with Crippen molar-refractivity contribution in [2.45, 2.75) is 39.0 Å². The fourth-order valence-electron chi connectivity index (χ4n) is 2.76. The third kappa shape index (κ3) is 3.59. The molecular weight excluding hydrogens is 222 g/mol. The van der Waals surface area contributed by atoms with Crippen LogP contribution in [0.1, 0.15) is 38.2 Å². The van der Waals surface area contributed by atoms with Crippen molar-refractivity contribution in [3.8, 4) is 0 Å². The summed E-state index contributed by atoms with van der Waals surface area (Å²) in [5.41, 5.74) is 1.12. The Morgan fingerprint density at radius 1 is 1.22 bits per heavy atom. The molecule has 2 rings (SSSR count). The number of carbonyl (C=O) groups is 1. The molecule has 0 unspecified atom stereocenters. The van der Waals surface area contributed by atoms with E-state index in [2.05, 4.69) is 6.92 Å². The molecule has 1 fully saturated rings. The van der Waals surface area contributed by atoms with E-state index in [1.54, 1.807) is 0 Å². The topological polar surface area (TPSA) is 20.3 Å². The summed E-state index contributed by atoms with van der Waals surface area (Å²) < 4.78 is 0. The Balaban J connectivity index is 1.81. The molecule has 1 amide bonds. The zero-order valence-electron chi connectivity index (χ0n) is 11.3. The predicted octanol–water partition coefficient (Wildman–Crippen LogP) is 3.27. The number of rotatable bonds is 4. The zero-order chi connectivity index (χ0) is 12.8. The summed E-state index contributed by atoms with van der Waals surface area (Å²) in [6.45, 7) is 4.15. The minimum Gasteiger partial charge on any atom is -0.342 e. The summed E-state index contributed by atoms with van der Waals surface area (Å²) in [7, 11) is 0. The average Bonchev–Trinajstić information content (AvgIpc) is 2.41. The molecule has 0 atom stereocenters. The van der Waals surface area contributed by atoms with Crippen molar-refractivity contribution < 1.29 is 4.79 Å². The maximum atomic E-state index is 12.2. The zero-order valence-corrected chi connectivity index (χ0v) is 11.3. The third-order valence-electron chi connectivity index (χ3n) is 3.86. The molecule has 0 aliphatic carbocycles. The van der Waals surface area contributed by atoms with Gasteiger partial charge >= 0.3 is 0 Å². The molecule has 1 aliphatic heterocycles. The summed E-state index contributed by atoms with van der Waals surface area (Å²) >= 11 is 0. The molecule has 0 radical (unpaired) electrons. The Bertz CT molecular complexity index is 366. The van der Waals surface area contributed by atoms with Gasteiger partial charge < -0.3 is 4.90 Å². The molecule has 0 spiro atoms. The predicted molar refractivity (Wildman–Crippen MR) is 74.4 cm³/mol. The maximum Gasteiger partial charge on any atom is 0.226 e. The second-order valence-corrected chi connectivity index (χ2v) is 5.28. The van der Waals surface area contributed by atoms with Crippen LogP contribution in [0.2, 0.25) is 0 Å². The number of amides is 1. The normalized spacial score (nSPS) is 16.8. The fraction of sp³-hybridized carbons (Fsp3) is 0.562. The van der Waals surface area contributed by atoms with Crippen LogP contribution in [0.25, 0.3) is 0 Å². The first-order valence-electron chi connectivity index (χ1n) is 7.11. The highest BCUT2D eigenvalue weighted by Gasteiger charge is 2.21. The second kappa shape index (κ2) is 6.58. The summed E-state index contributed by atoms with van der Waals surface area (Å²) in [6.07, 6.45) is 5.52. The second-order valence-electron chi connectivity index (χ2n) is 5.28. The van der Waals surface area contributed by atoms with Crippen LogP contribution in [-0.4, -0.2) is 23.9 Å². The highest BCUT2D eigenvalue weighted by atomic mass is 16.2. The van der Waals surface area contributed by atoms with Crippen molar-refractivity contribution in [3.63, 3.8) is 0 Å². The number of piperidine rings is 1. The highest BCUT2D eigenvalue weighted by molar-refractivity contribution is 5.78. The highest BCUT2D eigenvalue weighted by Crippen LogP contribution is 2.22. The van der Waals surface area contributed by atoms with Crippen molar-refractivity contribution in [1.29, 1.82) is 0 Å². The molecule has 98 valence electrons. The summed E-state index contributed by atoms with van der Waals surface area (Å²) in [6, 6.07) is 10.0. The van der Waals surface area contributed by atoms with Gasteiger partial charge in [0.05, 0.1) is 6.42 Å². The third-order valence-corrected chi connectivity index (χ3v) is 3.86. The monoisotopic (exact) mass is 245 g/mol. The molecular formula is C16H23NO. The van der Waals surface area contributed by atoms with E-state index in [0.29, 0.717) is 6.42 Å². The lowest BCUT2D eigenvalue weighted by atomic mass is 9.92. The lowest BCUT2D eigenvalue weighted by Crippen LogP contribution is -2.39. The van der Waals surface area contributed by atoms with Crippen LogP contribution < -0.4 is 0 Å². The van der Waals surface area contributed by atoms with Gasteiger partial charge in [-0.1, -0.05) is 50.1 Å². The number of benzene rings is 1. The van der Waals surface area contributed by atoms with Crippen LogP contribution in [0.15, 0.2) is 30.3 Å². The van der Waals surface area contributed by atoms with E-state index in [1.165, 1.54) is 25.7 Å². The Morgan fingerprint density at radius 2 is 1.89 bits per heavy atom. The van der Waals surface area contributed by atoms with Gasteiger partial charge in [0.2, 0.25) is 5.91 Å². The Kier molecular flexibility index (Phi) is 4.80. The quantitative estimate of drug-likeness (QED) is 0.797. The molecule has 0 aromatic heterocycles. The van der Waals surface area contributed by atoms with E-state index < -0.39 is 0 Å². The first-order chi connectivity index (χ1) is 8.79. The van der Waals surface area contributed by atoms with Crippen LogP contribution in [-0.2, 0) is 11.2 Å². The lowest BCUT2D eigenvalue weighted by Gasteiger charge is -2.32. The van der Waals surface area contributed by atoms with E-state index in [1.807, 2.05) is 35.2 Å². The molecule has 18 heavy (non-hydrogen) atoms. The smallest absolute Gasteiger partial charge is 0.226 e. The minimum atomic E-state index is 0.288. The van der Waals surface area contributed by atoms with E-state index in [-0.39, 0.29) is 5.91 Å². The average molecular weight is 245 g/mol. The van der Waals surface area contributed by atoms with Crippen LogP contribution in [0.5, 0.6) is 0 Å². The number of hydrogen-bond acceptors (Lipinski definition) is 1. The van der Waals surface area contributed by atoms with E-state index in [0.717, 1.165) is 24.6 Å². The van der Waals surface area contributed by atoms with Gasteiger partial charge in [-0.2, -0.15) is 0 Å². The first kappa shape index (κ1) is 13.1. The number of nitrogens with zero attached hydrogens (tertiary/aromatic N) is 1. The molecule has 1 saturated heterocycles. The molecule has 0 bridgehead atoms. The van der Waals surface area contributed by atoms with E-state index in [9.17, 15) is 4.79 Å². The van der Waals surface area contributed by atoms with Crippen molar-refractivity contribution in [2.75, 3.05) is 13.1 Å². The van der Waals surface area contributed by atoms with Crippen LogP contribution in [0, 0.1) is 5.92 Å². The first-order valence-corrected chi connectivity index (χ1v) is 7.11. The summed E-state index contributed by atoms with van der Waals surface area (Å²) in [5, 5.41) is 0.